The average Bonchev–Trinajstić information content (AvgIpc) is 3.66. The highest BCUT2D eigenvalue weighted by Crippen LogP contribution is 2.38. The van der Waals surface area contributed by atoms with Crippen LogP contribution in [0.1, 0.15) is 35.1 Å². The number of imide groups is 1. The molecule has 4 aromatic rings. The topological polar surface area (TPSA) is 160 Å². The van der Waals surface area contributed by atoms with E-state index >= 15 is 0 Å². The van der Waals surface area contributed by atoms with Gasteiger partial charge in [-0.25, -0.2) is 9.69 Å². The maximum atomic E-state index is 14.6. The predicted octanol–water partition coefficient (Wildman–Crippen LogP) is 6.07. The Labute approximate surface area is 369 Å². The molecule has 13 nitrogen and oxygen atoms in total. The summed E-state index contributed by atoms with van der Waals surface area (Å²) in [5.41, 5.74) is 3.49. The molecule has 2 saturated heterocycles. The molecule has 0 spiro atoms. The van der Waals surface area contributed by atoms with E-state index < -0.39 is 72.3 Å². The van der Waals surface area contributed by atoms with E-state index in [0.29, 0.717) is 6.42 Å². The van der Waals surface area contributed by atoms with Gasteiger partial charge in [0.25, 0.3) is 0 Å². The van der Waals surface area contributed by atoms with E-state index in [1.54, 1.807) is 0 Å². The number of aliphatic hydroxyl groups excluding tert-OH is 1. The second-order valence-electron chi connectivity index (χ2n) is 15.6. The molecule has 0 unspecified atom stereocenters. The number of hydrogen-bond acceptors (Lipinski definition) is 12. The largest absolute Gasteiger partial charge is 0.447 e. The van der Waals surface area contributed by atoms with Gasteiger partial charge in [0.05, 0.1) is 36.3 Å². The third kappa shape index (κ3) is 11.1. The number of carbonyl (C=O) groups is 3. The fraction of sp³-hybridized carbons (Fsp3) is 0.396. The minimum absolute atomic E-state index is 0.00104. The van der Waals surface area contributed by atoms with Crippen molar-refractivity contribution in [3.63, 3.8) is 0 Å². The van der Waals surface area contributed by atoms with Crippen LogP contribution in [-0.2, 0) is 68.8 Å². The van der Waals surface area contributed by atoms with E-state index in [0.717, 1.165) is 27.2 Å². The van der Waals surface area contributed by atoms with Gasteiger partial charge in [-0.15, -0.1) is 0 Å². The van der Waals surface area contributed by atoms with Crippen LogP contribution >= 0.6 is 15.9 Å². The number of nitrogens with zero attached hydrogens (tertiary/aromatic N) is 1. The standard InChI is InChI=1S/C48H52BrNO12/c1-56-46-44(43(59-30-35-21-12-5-13-22-35)42(39(28-51)61-46)58-29-34-19-10-4-11-20-34)57-24-14-23-48(55)40(49)27-38(52)41(62-48)37(26-33-17-8-3-9-18-33)45(53)50-36(31-60-47(50)54)25-32-15-6-2-7-16-32/h2-13,15-22,27,36-37,39,41-44,46,51,55H,14,23-26,28-31H2,1H3/t36-,37-,39+,41-,42+,43-,44-,46-,48+/m0/s1. The highest BCUT2D eigenvalue weighted by atomic mass is 79.9. The highest BCUT2D eigenvalue weighted by molar-refractivity contribution is 9.11. The molecule has 0 bridgehead atoms. The van der Waals surface area contributed by atoms with Crippen molar-refractivity contribution in [1.82, 2.24) is 4.90 Å². The number of cyclic esters (lactones) is 1. The van der Waals surface area contributed by atoms with Gasteiger partial charge in [0, 0.05) is 20.1 Å². The third-order valence-corrected chi connectivity index (χ3v) is 12.1. The quantitative estimate of drug-likeness (QED) is 0.105. The molecule has 0 saturated carbocycles. The van der Waals surface area contributed by atoms with Crippen LogP contribution in [-0.4, -0.2) is 108 Å². The van der Waals surface area contributed by atoms with Gasteiger partial charge in [-0.1, -0.05) is 121 Å². The Bertz CT molecular complexity index is 2090. The van der Waals surface area contributed by atoms with Gasteiger partial charge in [0.15, 0.2) is 17.9 Å². The summed E-state index contributed by atoms with van der Waals surface area (Å²) in [7, 11) is 1.48. The second-order valence-corrected chi connectivity index (χ2v) is 16.4. The van der Waals surface area contributed by atoms with Crippen molar-refractivity contribution in [1.29, 1.82) is 0 Å². The van der Waals surface area contributed by atoms with Crippen molar-refractivity contribution >= 4 is 33.7 Å². The lowest BCUT2D eigenvalue weighted by Crippen LogP contribution is -2.61. The van der Waals surface area contributed by atoms with Crippen LogP contribution in [0.4, 0.5) is 4.79 Å². The van der Waals surface area contributed by atoms with Crippen LogP contribution in [0.15, 0.2) is 132 Å². The summed E-state index contributed by atoms with van der Waals surface area (Å²) in [5, 5.41) is 22.5. The lowest BCUT2D eigenvalue weighted by Gasteiger charge is -2.45. The number of rotatable bonds is 19. The van der Waals surface area contributed by atoms with Gasteiger partial charge in [-0.2, -0.15) is 0 Å². The summed E-state index contributed by atoms with van der Waals surface area (Å²) in [5.74, 6) is -4.41. The van der Waals surface area contributed by atoms with Crippen molar-refractivity contribution in [3.05, 3.63) is 154 Å². The number of halogens is 1. The van der Waals surface area contributed by atoms with Crippen LogP contribution in [0.2, 0.25) is 0 Å². The fourth-order valence-corrected chi connectivity index (χ4v) is 8.60. The molecule has 2 amide bonds. The zero-order valence-electron chi connectivity index (χ0n) is 34.4. The first-order valence-electron chi connectivity index (χ1n) is 20.8. The van der Waals surface area contributed by atoms with Crippen LogP contribution < -0.4 is 0 Å². The molecule has 0 radical (unpaired) electrons. The molecule has 0 aromatic heterocycles. The number of methoxy groups -OCH3 is 1. The normalized spacial score (nSPS) is 26.8. The molecule has 2 N–H and O–H groups in total. The zero-order valence-corrected chi connectivity index (χ0v) is 36.0. The molecule has 2 fully saturated rings. The second kappa shape index (κ2) is 21.7. The minimum Gasteiger partial charge on any atom is -0.447 e. The molecule has 328 valence electrons. The van der Waals surface area contributed by atoms with Gasteiger partial charge in [-0.3, -0.25) is 9.59 Å². The van der Waals surface area contributed by atoms with E-state index in [4.69, 9.17) is 33.2 Å². The van der Waals surface area contributed by atoms with Gasteiger partial charge in [0.1, 0.15) is 37.1 Å². The maximum absolute atomic E-state index is 14.6. The number of carbonyl (C=O) groups excluding carboxylic acids is 3. The SMILES string of the molecule is CO[C@H]1O[C@H](CO)[C@@H](OCc2ccccc2)[C@H](OCc2ccccc2)[C@@H]1OCCC[C@@]1(O)O[C@@H]([C@H](Cc2ccccc2)C(=O)N2C(=O)OC[C@@H]2Cc2ccccc2)C(=O)C=C1Br. The van der Waals surface area contributed by atoms with Crippen LogP contribution in [0.5, 0.6) is 0 Å². The average molecular weight is 915 g/mol. The molecule has 3 aliphatic heterocycles. The molecule has 7 rings (SSSR count). The van der Waals surface area contributed by atoms with E-state index in [1.165, 1.54) is 13.2 Å². The molecular formula is C48H52BrNO12. The lowest BCUT2D eigenvalue weighted by atomic mass is 9.87. The van der Waals surface area contributed by atoms with Gasteiger partial charge in [-0.05, 0) is 63.5 Å². The van der Waals surface area contributed by atoms with Crippen LogP contribution in [0, 0.1) is 5.92 Å². The molecule has 3 aliphatic rings. The van der Waals surface area contributed by atoms with E-state index in [1.807, 2.05) is 121 Å². The number of benzene rings is 4. The fourth-order valence-electron chi connectivity index (χ4n) is 8.09. The van der Waals surface area contributed by atoms with E-state index in [2.05, 4.69) is 15.9 Å². The predicted molar refractivity (Wildman–Crippen MR) is 229 cm³/mol. The molecular weight excluding hydrogens is 862 g/mol. The van der Waals surface area contributed by atoms with Crippen molar-refractivity contribution < 1.29 is 57.8 Å². The summed E-state index contributed by atoms with van der Waals surface area (Å²) >= 11 is 3.37. The Balaban J connectivity index is 1.07. The monoisotopic (exact) mass is 913 g/mol. The first-order chi connectivity index (χ1) is 30.2. The van der Waals surface area contributed by atoms with Crippen molar-refractivity contribution in [2.75, 3.05) is 26.9 Å². The Kier molecular flexibility index (Phi) is 15.9. The maximum Gasteiger partial charge on any atom is 0.416 e. The van der Waals surface area contributed by atoms with Crippen molar-refractivity contribution in [2.45, 2.75) is 87.5 Å². The number of ether oxygens (including phenoxy) is 7. The third-order valence-electron chi connectivity index (χ3n) is 11.3. The lowest BCUT2D eigenvalue weighted by molar-refractivity contribution is -0.320. The van der Waals surface area contributed by atoms with Gasteiger partial charge < -0.3 is 43.4 Å². The van der Waals surface area contributed by atoms with E-state index in [-0.39, 0.29) is 56.8 Å². The number of ketones is 1. The van der Waals surface area contributed by atoms with Crippen LogP contribution in [0.3, 0.4) is 0 Å². The summed E-state index contributed by atoms with van der Waals surface area (Å²) in [6.07, 6.45) is -4.54. The van der Waals surface area contributed by atoms with Crippen molar-refractivity contribution in [3.8, 4) is 0 Å². The Morgan fingerprint density at radius 1 is 0.806 bits per heavy atom. The van der Waals surface area contributed by atoms with Crippen molar-refractivity contribution in [2.24, 2.45) is 5.92 Å². The minimum atomic E-state index is -2.04. The Morgan fingerprint density at radius 3 is 1.95 bits per heavy atom. The molecule has 62 heavy (non-hydrogen) atoms. The van der Waals surface area contributed by atoms with Gasteiger partial charge >= 0.3 is 6.09 Å². The summed E-state index contributed by atoms with van der Waals surface area (Å²) in [4.78, 5) is 42.6. The molecule has 4 aromatic carbocycles. The Hall–Kier alpha value is -4.61. The van der Waals surface area contributed by atoms with Gasteiger partial charge in [0.2, 0.25) is 5.91 Å². The highest BCUT2D eigenvalue weighted by Gasteiger charge is 2.51. The molecule has 0 aliphatic carbocycles. The number of amides is 2. The summed E-state index contributed by atoms with van der Waals surface area (Å²) < 4.78 is 43.1. The molecule has 14 heteroatoms. The molecule has 9 atom stereocenters. The first kappa shape index (κ1) is 45.4. The summed E-state index contributed by atoms with van der Waals surface area (Å²) in [6, 6.07) is 37.2. The summed E-state index contributed by atoms with van der Waals surface area (Å²) in [6.45, 7) is 0.137. The smallest absolute Gasteiger partial charge is 0.416 e. The number of hydrogen-bond donors (Lipinski definition) is 2. The zero-order chi connectivity index (χ0) is 43.5. The first-order valence-corrected chi connectivity index (χ1v) is 21.6. The van der Waals surface area contributed by atoms with E-state index in [9.17, 15) is 24.6 Å². The Morgan fingerprint density at radius 2 is 1.37 bits per heavy atom. The number of aliphatic hydroxyl groups is 2. The molecule has 3 heterocycles. The van der Waals surface area contributed by atoms with Crippen LogP contribution in [0.25, 0.3) is 0 Å².